The van der Waals surface area contributed by atoms with Crippen molar-refractivity contribution < 1.29 is 14.3 Å². The van der Waals surface area contributed by atoms with Gasteiger partial charge < -0.3 is 14.4 Å². The number of piperidine rings is 1. The van der Waals surface area contributed by atoms with E-state index in [9.17, 15) is 4.79 Å². The fourth-order valence-electron chi connectivity index (χ4n) is 3.37. The van der Waals surface area contributed by atoms with E-state index in [0.29, 0.717) is 23.6 Å². The van der Waals surface area contributed by atoms with Gasteiger partial charge in [-0.1, -0.05) is 0 Å². The van der Waals surface area contributed by atoms with Crippen LogP contribution in [0.4, 0.5) is 0 Å². The van der Waals surface area contributed by atoms with E-state index in [0.717, 1.165) is 31.0 Å². The van der Waals surface area contributed by atoms with Gasteiger partial charge in [0.2, 0.25) is 0 Å². The molecule has 1 fully saturated rings. The second-order valence-corrected chi connectivity index (χ2v) is 6.26. The van der Waals surface area contributed by atoms with Crippen molar-refractivity contribution in [3.8, 4) is 11.5 Å². The molecular formula is C18H24N4O3. The Morgan fingerprint density at radius 3 is 2.68 bits per heavy atom. The van der Waals surface area contributed by atoms with Gasteiger partial charge in [-0.05, 0) is 38.8 Å². The van der Waals surface area contributed by atoms with Gasteiger partial charge in [0.15, 0.2) is 0 Å². The number of amides is 1. The smallest absolute Gasteiger partial charge is 0.257 e. The molecule has 0 aliphatic carbocycles. The third-order valence-electron chi connectivity index (χ3n) is 4.58. The molecule has 1 saturated heterocycles. The van der Waals surface area contributed by atoms with Crippen molar-refractivity contribution in [1.29, 1.82) is 0 Å². The van der Waals surface area contributed by atoms with Crippen LogP contribution in [-0.4, -0.2) is 52.9 Å². The summed E-state index contributed by atoms with van der Waals surface area (Å²) >= 11 is 0. The van der Waals surface area contributed by atoms with Gasteiger partial charge in [0, 0.05) is 19.2 Å². The Bertz CT molecular complexity index is 772. The molecule has 0 bridgehead atoms. The molecule has 0 saturated carbocycles. The highest BCUT2D eigenvalue weighted by molar-refractivity contribution is 5.97. The minimum Gasteiger partial charge on any atom is -0.497 e. The van der Waals surface area contributed by atoms with Crippen molar-refractivity contribution in [3.63, 3.8) is 0 Å². The molecule has 1 atom stereocenters. The van der Waals surface area contributed by atoms with Crippen LogP contribution < -0.4 is 9.47 Å². The van der Waals surface area contributed by atoms with Crippen molar-refractivity contribution in [2.24, 2.45) is 0 Å². The van der Waals surface area contributed by atoms with Gasteiger partial charge >= 0.3 is 0 Å². The normalized spacial score (nSPS) is 17.4. The van der Waals surface area contributed by atoms with E-state index in [-0.39, 0.29) is 11.9 Å². The molecule has 0 unspecified atom stereocenters. The molecule has 3 rings (SSSR count). The number of carbonyl (C=O) groups is 1. The minimum atomic E-state index is -0.0290. The van der Waals surface area contributed by atoms with E-state index in [1.165, 1.54) is 0 Å². The SMILES string of the molecule is COc1ccc(C(=O)N2CCC[C@H](n3nc(C)nc3C)C2)c(OC)c1. The molecule has 0 radical (unpaired) electrons. The minimum absolute atomic E-state index is 0.0290. The van der Waals surface area contributed by atoms with Gasteiger partial charge in [0.1, 0.15) is 23.1 Å². The average Bonchev–Trinajstić information content (AvgIpc) is 2.98. The van der Waals surface area contributed by atoms with Gasteiger partial charge in [-0.25, -0.2) is 9.67 Å². The van der Waals surface area contributed by atoms with Crippen molar-refractivity contribution in [2.45, 2.75) is 32.7 Å². The van der Waals surface area contributed by atoms with Gasteiger partial charge in [-0.3, -0.25) is 4.79 Å². The summed E-state index contributed by atoms with van der Waals surface area (Å²) in [5, 5.41) is 4.48. The topological polar surface area (TPSA) is 69.5 Å². The second-order valence-electron chi connectivity index (χ2n) is 6.26. The van der Waals surface area contributed by atoms with Crippen LogP contribution in [0.15, 0.2) is 18.2 Å². The van der Waals surface area contributed by atoms with E-state index < -0.39 is 0 Å². The Kier molecular flexibility index (Phi) is 4.92. The first-order valence-electron chi connectivity index (χ1n) is 8.44. The number of ether oxygens (including phenoxy) is 2. The molecule has 1 aromatic carbocycles. The number of hydrogen-bond donors (Lipinski definition) is 0. The quantitative estimate of drug-likeness (QED) is 0.852. The molecule has 1 amide bonds. The Labute approximate surface area is 147 Å². The van der Waals surface area contributed by atoms with Crippen LogP contribution in [0, 0.1) is 13.8 Å². The van der Waals surface area contributed by atoms with Gasteiger partial charge in [-0.15, -0.1) is 0 Å². The highest BCUT2D eigenvalue weighted by Crippen LogP contribution is 2.28. The molecule has 0 spiro atoms. The number of aryl methyl sites for hydroxylation is 2. The summed E-state index contributed by atoms with van der Waals surface area (Å²) in [4.78, 5) is 19.3. The Morgan fingerprint density at radius 2 is 2.04 bits per heavy atom. The van der Waals surface area contributed by atoms with Crippen LogP contribution in [0.1, 0.15) is 40.9 Å². The van der Waals surface area contributed by atoms with Gasteiger partial charge in [-0.2, -0.15) is 5.10 Å². The Balaban J connectivity index is 1.81. The summed E-state index contributed by atoms with van der Waals surface area (Å²) in [7, 11) is 3.15. The maximum atomic E-state index is 13.0. The van der Waals surface area contributed by atoms with Crippen LogP contribution in [0.5, 0.6) is 11.5 Å². The van der Waals surface area contributed by atoms with Crippen molar-refractivity contribution in [2.75, 3.05) is 27.3 Å². The number of nitrogens with zero attached hydrogens (tertiary/aromatic N) is 4. The number of methoxy groups -OCH3 is 2. The zero-order valence-electron chi connectivity index (χ0n) is 15.2. The molecule has 1 aliphatic heterocycles. The highest BCUT2D eigenvalue weighted by Gasteiger charge is 2.28. The summed E-state index contributed by atoms with van der Waals surface area (Å²) in [6, 6.07) is 5.43. The fraction of sp³-hybridized carbons (Fsp3) is 0.500. The monoisotopic (exact) mass is 344 g/mol. The Morgan fingerprint density at radius 1 is 1.24 bits per heavy atom. The standard InChI is InChI=1S/C18H24N4O3/c1-12-19-13(2)22(20-12)14-6-5-9-21(11-14)18(23)16-8-7-15(24-3)10-17(16)25-4/h7-8,10,14H,5-6,9,11H2,1-4H3/t14-/m0/s1. The number of rotatable bonds is 4. The maximum Gasteiger partial charge on any atom is 0.257 e. The summed E-state index contributed by atoms with van der Waals surface area (Å²) in [5.41, 5.74) is 0.551. The van der Waals surface area contributed by atoms with Crippen LogP contribution in [0.2, 0.25) is 0 Å². The molecule has 2 aromatic rings. The molecule has 134 valence electrons. The molecule has 2 heterocycles. The summed E-state index contributed by atoms with van der Waals surface area (Å²) in [5.74, 6) is 2.81. The van der Waals surface area contributed by atoms with Gasteiger partial charge in [0.25, 0.3) is 5.91 Å². The number of likely N-dealkylation sites (tertiary alicyclic amines) is 1. The largest absolute Gasteiger partial charge is 0.497 e. The third-order valence-corrected chi connectivity index (χ3v) is 4.58. The lowest BCUT2D eigenvalue weighted by atomic mass is 10.0. The first-order chi connectivity index (χ1) is 12.0. The summed E-state index contributed by atoms with van der Waals surface area (Å²) < 4.78 is 12.5. The molecule has 7 heteroatoms. The summed E-state index contributed by atoms with van der Waals surface area (Å²) in [6.45, 7) is 5.19. The lowest BCUT2D eigenvalue weighted by Crippen LogP contribution is -2.41. The molecule has 7 nitrogen and oxygen atoms in total. The predicted molar refractivity (Wildman–Crippen MR) is 93.2 cm³/mol. The molecule has 0 N–H and O–H groups in total. The van der Waals surface area contributed by atoms with Crippen molar-refractivity contribution >= 4 is 5.91 Å². The average molecular weight is 344 g/mol. The predicted octanol–water partition coefficient (Wildman–Crippen LogP) is 2.39. The molecular weight excluding hydrogens is 320 g/mol. The number of carbonyl (C=O) groups excluding carboxylic acids is 1. The first kappa shape index (κ1) is 17.3. The summed E-state index contributed by atoms with van der Waals surface area (Å²) in [6.07, 6.45) is 1.93. The zero-order valence-corrected chi connectivity index (χ0v) is 15.2. The highest BCUT2D eigenvalue weighted by atomic mass is 16.5. The number of benzene rings is 1. The third kappa shape index (κ3) is 3.45. The van der Waals surface area contributed by atoms with Crippen LogP contribution in [0.25, 0.3) is 0 Å². The van der Waals surface area contributed by atoms with E-state index in [1.54, 1.807) is 32.4 Å². The van der Waals surface area contributed by atoms with E-state index in [1.807, 2.05) is 23.4 Å². The lowest BCUT2D eigenvalue weighted by molar-refractivity contribution is 0.0668. The first-order valence-corrected chi connectivity index (χ1v) is 8.44. The lowest BCUT2D eigenvalue weighted by Gasteiger charge is -2.33. The molecule has 1 aliphatic rings. The maximum absolute atomic E-state index is 13.0. The zero-order chi connectivity index (χ0) is 18.0. The molecule has 25 heavy (non-hydrogen) atoms. The van der Waals surface area contributed by atoms with E-state index in [4.69, 9.17) is 9.47 Å². The second kappa shape index (κ2) is 7.13. The van der Waals surface area contributed by atoms with Gasteiger partial charge in [0.05, 0.1) is 25.8 Å². The molecule has 1 aromatic heterocycles. The fourth-order valence-corrected chi connectivity index (χ4v) is 3.37. The van der Waals surface area contributed by atoms with E-state index >= 15 is 0 Å². The van der Waals surface area contributed by atoms with Crippen LogP contribution in [-0.2, 0) is 0 Å². The number of hydrogen-bond acceptors (Lipinski definition) is 5. The van der Waals surface area contributed by atoms with E-state index in [2.05, 4.69) is 10.1 Å². The van der Waals surface area contributed by atoms with Crippen molar-refractivity contribution in [1.82, 2.24) is 19.7 Å². The van der Waals surface area contributed by atoms with Crippen molar-refractivity contribution in [3.05, 3.63) is 35.4 Å². The number of aromatic nitrogens is 3. The van der Waals surface area contributed by atoms with Crippen LogP contribution in [0.3, 0.4) is 0 Å². The van der Waals surface area contributed by atoms with Crippen LogP contribution >= 0.6 is 0 Å². The Hall–Kier alpha value is -2.57.